The van der Waals surface area contributed by atoms with Crippen LogP contribution in [0.15, 0.2) is 78.9 Å². The van der Waals surface area contributed by atoms with Crippen LogP contribution in [-0.2, 0) is 5.41 Å². The predicted molar refractivity (Wildman–Crippen MR) is 137 cm³/mol. The Morgan fingerprint density at radius 1 is 0.581 bits per heavy atom. The van der Waals surface area contributed by atoms with Crippen molar-refractivity contribution >= 4 is 30.0 Å². The summed E-state index contributed by atoms with van der Waals surface area (Å²) in [5.74, 6) is 0. The summed E-state index contributed by atoms with van der Waals surface area (Å²) in [6.07, 6.45) is 0. The number of fused-ring (bicyclic) bond motifs is 6. The molecule has 0 amide bonds. The smallest absolute Gasteiger partial charge is 0.0837 e. The summed E-state index contributed by atoms with van der Waals surface area (Å²) in [7, 11) is -1.71. The van der Waals surface area contributed by atoms with E-state index in [4.69, 9.17) is 11.6 Å². The first-order chi connectivity index (χ1) is 14.8. The van der Waals surface area contributed by atoms with Gasteiger partial charge in [0.25, 0.3) is 0 Å². The van der Waals surface area contributed by atoms with Gasteiger partial charge in [0.15, 0.2) is 0 Å². The molecule has 31 heavy (non-hydrogen) atoms. The lowest BCUT2D eigenvalue weighted by atomic mass is 9.81. The molecule has 0 fully saturated rings. The van der Waals surface area contributed by atoms with Crippen LogP contribution in [0.25, 0.3) is 33.4 Å². The highest BCUT2D eigenvalue weighted by molar-refractivity contribution is 7.04. The highest BCUT2D eigenvalue weighted by Crippen LogP contribution is 2.55. The molecule has 0 spiro atoms. The molecule has 6 rings (SSSR count). The minimum atomic E-state index is -1.71. The third-order valence-electron chi connectivity index (χ3n) is 7.57. The second kappa shape index (κ2) is 6.22. The van der Waals surface area contributed by atoms with Crippen LogP contribution in [0.5, 0.6) is 0 Å². The van der Waals surface area contributed by atoms with Crippen molar-refractivity contribution in [1.29, 1.82) is 0 Å². The summed E-state index contributed by atoms with van der Waals surface area (Å²) in [4.78, 5) is 0. The van der Waals surface area contributed by atoms with Crippen LogP contribution in [0.2, 0.25) is 18.1 Å². The van der Waals surface area contributed by atoms with E-state index in [2.05, 4.69) is 99.7 Å². The van der Waals surface area contributed by atoms with E-state index in [1.54, 1.807) is 10.4 Å². The van der Waals surface area contributed by atoms with Gasteiger partial charge in [-0.05, 0) is 55.4 Å². The highest BCUT2D eigenvalue weighted by atomic mass is 35.5. The van der Waals surface area contributed by atoms with Crippen LogP contribution in [0.1, 0.15) is 25.0 Å². The summed E-state index contributed by atoms with van der Waals surface area (Å²) in [6.45, 7) is 9.59. The summed E-state index contributed by atoms with van der Waals surface area (Å²) in [5, 5.41) is 3.93. The maximum atomic E-state index is 6.83. The predicted octanol–water partition coefficient (Wildman–Crippen LogP) is 7.12. The Morgan fingerprint density at radius 2 is 1.13 bits per heavy atom. The molecule has 2 aliphatic rings. The van der Waals surface area contributed by atoms with Gasteiger partial charge in [0, 0.05) is 16.0 Å². The first-order valence-corrected chi connectivity index (χ1v) is 14.4. The van der Waals surface area contributed by atoms with Gasteiger partial charge >= 0.3 is 0 Å². The molecule has 0 nitrogen and oxygen atoms in total. The molecule has 4 aromatic rings. The van der Waals surface area contributed by atoms with E-state index in [-0.39, 0.29) is 5.41 Å². The van der Waals surface area contributed by atoms with Gasteiger partial charge < -0.3 is 0 Å². The van der Waals surface area contributed by atoms with E-state index in [1.807, 2.05) is 6.07 Å². The van der Waals surface area contributed by atoms with Crippen LogP contribution < -0.4 is 10.4 Å². The second-order valence-corrected chi connectivity index (χ2v) is 14.6. The van der Waals surface area contributed by atoms with Crippen LogP contribution in [0.3, 0.4) is 0 Å². The van der Waals surface area contributed by atoms with Crippen molar-refractivity contribution in [2.45, 2.75) is 32.4 Å². The normalized spacial score (nSPS) is 16.4. The number of hydrogen-bond acceptors (Lipinski definition) is 0. The third-order valence-corrected chi connectivity index (χ3v) is 11.4. The Hall–Kier alpha value is -2.61. The van der Waals surface area contributed by atoms with E-state index in [0.29, 0.717) is 0 Å². The van der Waals surface area contributed by atoms with Crippen molar-refractivity contribution in [3.05, 3.63) is 95.0 Å². The van der Waals surface area contributed by atoms with Crippen LogP contribution in [-0.4, -0.2) is 8.07 Å². The van der Waals surface area contributed by atoms with Gasteiger partial charge in [0.05, 0.1) is 0 Å². The summed E-state index contributed by atoms with van der Waals surface area (Å²) >= 11 is 6.83. The molecule has 0 aromatic heterocycles. The van der Waals surface area contributed by atoms with E-state index in [9.17, 15) is 0 Å². The molecule has 152 valence electrons. The SMILES string of the molecule is CC1(C)c2cccc(Cl)c2-c2c(-c3cccc4c3-c3ccccc3[Si]4(C)C)cccc21. The van der Waals surface area contributed by atoms with Crippen LogP contribution >= 0.6 is 11.6 Å². The maximum Gasteiger partial charge on any atom is 0.113 e. The topological polar surface area (TPSA) is 0 Å². The first-order valence-electron chi connectivity index (χ1n) is 11.0. The Bertz CT molecular complexity index is 1390. The third kappa shape index (κ3) is 2.37. The van der Waals surface area contributed by atoms with Crippen molar-refractivity contribution < 1.29 is 0 Å². The number of hydrogen-bond donors (Lipinski definition) is 0. The average Bonchev–Trinajstić information content (AvgIpc) is 3.15. The zero-order valence-electron chi connectivity index (χ0n) is 18.4. The molecule has 0 saturated carbocycles. The number of benzene rings is 4. The summed E-state index contributed by atoms with van der Waals surface area (Å²) in [5.41, 5.74) is 10.6. The first kappa shape index (κ1) is 19.1. The molecule has 0 bridgehead atoms. The van der Waals surface area contributed by atoms with Crippen LogP contribution in [0.4, 0.5) is 0 Å². The second-order valence-electron chi connectivity index (χ2n) is 9.91. The average molecular weight is 437 g/mol. The summed E-state index contributed by atoms with van der Waals surface area (Å²) < 4.78 is 0. The molecule has 0 radical (unpaired) electrons. The van der Waals surface area contributed by atoms with E-state index in [0.717, 1.165) is 5.02 Å². The molecule has 1 aliphatic heterocycles. The Balaban J connectivity index is 1.73. The number of rotatable bonds is 1. The minimum Gasteiger partial charge on any atom is -0.0837 e. The fourth-order valence-corrected chi connectivity index (χ4v) is 9.35. The van der Waals surface area contributed by atoms with Gasteiger partial charge in [0.1, 0.15) is 8.07 Å². The molecule has 0 N–H and O–H groups in total. The van der Waals surface area contributed by atoms with E-state index < -0.39 is 8.07 Å². The van der Waals surface area contributed by atoms with Crippen molar-refractivity contribution in [2.24, 2.45) is 0 Å². The quantitative estimate of drug-likeness (QED) is 0.279. The minimum absolute atomic E-state index is 0.0601. The monoisotopic (exact) mass is 436 g/mol. The zero-order valence-corrected chi connectivity index (χ0v) is 20.1. The molecule has 0 saturated heterocycles. The highest BCUT2D eigenvalue weighted by Gasteiger charge is 2.41. The Morgan fingerprint density at radius 3 is 1.90 bits per heavy atom. The van der Waals surface area contributed by atoms with E-state index >= 15 is 0 Å². The molecule has 0 atom stereocenters. The van der Waals surface area contributed by atoms with Crippen molar-refractivity contribution in [3.8, 4) is 33.4 Å². The Labute approximate surface area is 190 Å². The van der Waals surface area contributed by atoms with Crippen molar-refractivity contribution in [3.63, 3.8) is 0 Å². The Kier molecular flexibility index (Phi) is 3.83. The lowest BCUT2D eigenvalue weighted by Gasteiger charge is -2.22. The fourth-order valence-electron chi connectivity index (χ4n) is 5.99. The standard InChI is InChI=1S/C29H25ClSi/c1-29(2)21-13-7-11-19(27(21)28-22(29)14-9-15-23(28)30)18-12-8-17-25-26(18)20-10-5-6-16-24(20)31(25,3)4/h5-17H,1-4H3. The van der Waals surface area contributed by atoms with Gasteiger partial charge in [-0.25, -0.2) is 0 Å². The molecule has 1 aliphatic carbocycles. The molecule has 0 unspecified atom stereocenters. The molecule has 1 heterocycles. The zero-order chi connectivity index (χ0) is 21.5. The van der Waals surface area contributed by atoms with Crippen molar-refractivity contribution in [1.82, 2.24) is 0 Å². The van der Waals surface area contributed by atoms with Crippen LogP contribution in [0, 0.1) is 0 Å². The van der Waals surface area contributed by atoms with Gasteiger partial charge in [-0.1, -0.05) is 111 Å². The summed E-state index contributed by atoms with van der Waals surface area (Å²) in [6, 6.07) is 29.1. The molecule has 2 heteroatoms. The fraction of sp³-hybridized carbons (Fsp3) is 0.172. The molecule has 4 aromatic carbocycles. The van der Waals surface area contributed by atoms with Gasteiger partial charge in [0.2, 0.25) is 0 Å². The van der Waals surface area contributed by atoms with E-state index in [1.165, 1.54) is 44.5 Å². The largest absolute Gasteiger partial charge is 0.113 e. The maximum absolute atomic E-state index is 6.83. The van der Waals surface area contributed by atoms with Gasteiger partial charge in [-0.15, -0.1) is 0 Å². The van der Waals surface area contributed by atoms with Gasteiger partial charge in [-0.3, -0.25) is 0 Å². The van der Waals surface area contributed by atoms with Crippen molar-refractivity contribution in [2.75, 3.05) is 0 Å². The lowest BCUT2D eigenvalue weighted by molar-refractivity contribution is 0.660. The lowest BCUT2D eigenvalue weighted by Crippen LogP contribution is -2.49. The van der Waals surface area contributed by atoms with Gasteiger partial charge in [-0.2, -0.15) is 0 Å². The molecular weight excluding hydrogens is 412 g/mol. The molecular formula is C29H25ClSi. The number of halogens is 1.